The summed E-state index contributed by atoms with van der Waals surface area (Å²) in [5.41, 5.74) is 1.21. The van der Waals surface area contributed by atoms with Crippen molar-refractivity contribution in [2.75, 3.05) is 26.7 Å². The van der Waals surface area contributed by atoms with Gasteiger partial charge in [-0.25, -0.2) is 4.98 Å². The molecule has 0 aliphatic carbocycles. The molecule has 2 aliphatic rings. The van der Waals surface area contributed by atoms with Crippen LogP contribution in [0.4, 0.5) is 0 Å². The molecule has 5 heteroatoms. The Morgan fingerprint density at radius 3 is 3.17 bits per heavy atom. The van der Waals surface area contributed by atoms with Gasteiger partial charge in [0.25, 0.3) is 0 Å². The predicted molar refractivity (Wildman–Crippen MR) is 72.8 cm³/mol. The molecule has 1 aromatic rings. The number of methoxy groups -OCH3 is 1. The molecule has 0 aromatic carbocycles. The summed E-state index contributed by atoms with van der Waals surface area (Å²) in [6.45, 7) is 6.40. The van der Waals surface area contributed by atoms with Crippen molar-refractivity contribution < 1.29 is 4.74 Å². The van der Waals surface area contributed by atoms with Gasteiger partial charge >= 0.3 is 0 Å². The zero-order chi connectivity index (χ0) is 12.5. The Bertz CT molecular complexity index is 409. The molecule has 2 saturated heterocycles. The third-order valence-corrected chi connectivity index (χ3v) is 4.93. The quantitative estimate of drug-likeness (QED) is 0.895. The molecule has 3 rings (SSSR count). The normalized spacial score (nSPS) is 32.7. The van der Waals surface area contributed by atoms with Gasteiger partial charge in [0.1, 0.15) is 0 Å². The minimum absolute atomic E-state index is 0.429. The third-order valence-electron chi connectivity index (χ3n) is 4.11. The molecule has 4 nitrogen and oxygen atoms in total. The summed E-state index contributed by atoms with van der Waals surface area (Å²) in [6, 6.07) is 0.600. The van der Waals surface area contributed by atoms with Crippen LogP contribution >= 0.6 is 11.3 Å². The minimum atomic E-state index is 0.429. The third kappa shape index (κ3) is 2.45. The van der Waals surface area contributed by atoms with Gasteiger partial charge in [0.2, 0.25) is 0 Å². The molecule has 3 atom stereocenters. The number of hydrogen-bond donors (Lipinski definition) is 1. The Morgan fingerprint density at radius 2 is 2.44 bits per heavy atom. The van der Waals surface area contributed by atoms with Crippen LogP contribution in [0.3, 0.4) is 0 Å². The Labute approximate surface area is 112 Å². The SMILES string of the molecule is CO[C@H]1CCN[C@H]2CN(Cc3csc(C)n3)C[C@H]21. The van der Waals surface area contributed by atoms with Crippen molar-refractivity contribution in [1.29, 1.82) is 0 Å². The van der Waals surface area contributed by atoms with Gasteiger partial charge in [-0.2, -0.15) is 0 Å². The summed E-state index contributed by atoms with van der Waals surface area (Å²) < 4.78 is 5.63. The van der Waals surface area contributed by atoms with E-state index in [4.69, 9.17) is 4.74 Å². The van der Waals surface area contributed by atoms with Gasteiger partial charge in [-0.3, -0.25) is 4.90 Å². The van der Waals surface area contributed by atoms with E-state index in [0.717, 1.165) is 37.6 Å². The second-order valence-corrected chi connectivity index (χ2v) is 6.40. The molecule has 1 aromatic heterocycles. The van der Waals surface area contributed by atoms with Crippen LogP contribution in [0.1, 0.15) is 17.1 Å². The van der Waals surface area contributed by atoms with Gasteiger partial charge in [-0.1, -0.05) is 0 Å². The van der Waals surface area contributed by atoms with Crippen molar-refractivity contribution in [1.82, 2.24) is 15.2 Å². The summed E-state index contributed by atoms with van der Waals surface area (Å²) in [4.78, 5) is 7.06. The van der Waals surface area contributed by atoms with E-state index in [0.29, 0.717) is 18.1 Å². The number of thiazole rings is 1. The van der Waals surface area contributed by atoms with E-state index in [1.54, 1.807) is 11.3 Å². The molecule has 3 heterocycles. The van der Waals surface area contributed by atoms with Gasteiger partial charge in [0.05, 0.1) is 16.8 Å². The largest absolute Gasteiger partial charge is 0.381 e. The highest BCUT2D eigenvalue weighted by Gasteiger charge is 2.40. The van der Waals surface area contributed by atoms with Crippen molar-refractivity contribution in [3.05, 3.63) is 16.1 Å². The number of ether oxygens (including phenoxy) is 1. The van der Waals surface area contributed by atoms with Crippen molar-refractivity contribution in [2.45, 2.75) is 32.0 Å². The van der Waals surface area contributed by atoms with Crippen LogP contribution in [0.2, 0.25) is 0 Å². The van der Waals surface area contributed by atoms with Gasteiger partial charge in [0.15, 0.2) is 0 Å². The minimum Gasteiger partial charge on any atom is -0.381 e. The Morgan fingerprint density at radius 1 is 1.56 bits per heavy atom. The number of nitrogens with one attached hydrogen (secondary N) is 1. The van der Waals surface area contributed by atoms with Crippen molar-refractivity contribution >= 4 is 11.3 Å². The van der Waals surface area contributed by atoms with Crippen molar-refractivity contribution in [2.24, 2.45) is 5.92 Å². The van der Waals surface area contributed by atoms with Crippen LogP contribution in [0, 0.1) is 12.8 Å². The maximum Gasteiger partial charge on any atom is 0.0897 e. The zero-order valence-electron chi connectivity index (χ0n) is 11.1. The first kappa shape index (κ1) is 12.5. The highest BCUT2D eigenvalue weighted by Crippen LogP contribution is 2.28. The second kappa shape index (κ2) is 5.25. The highest BCUT2D eigenvalue weighted by atomic mass is 32.1. The zero-order valence-corrected chi connectivity index (χ0v) is 11.9. The number of rotatable bonds is 3. The number of nitrogens with zero attached hydrogens (tertiary/aromatic N) is 2. The van der Waals surface area contributed by atoms with Crippen LogP contribution in [0.5, 0.6) is 0 Å². The molecule has 100 valence electrons. The lowest BCUT2D eigenvalue weighted by Crippen LogP contribution is -2.48. The maximum absolute atomic E-state index is 5.63. The summed E-state index contributed by atoms with van der Waals surface area (Å²) in [5.74, 6) is 0.642. The number of hydrogen-bond acceptors (Lipinski definition) is 5. The lowest BCUT2D eigenvalue weighted by molar-refractivity contribution is 0.0241. The van der Waals surface area contributed by atoms with Crippen LogP contribution in [-0.4, -0.2) is 48.8 Å². The molecular formula is C13H21N3OS. The summed E-state index contributed by atoms with van der Waals surface area (Å²) in [7, 11) is 1.85. The molecule has 0 saturated carbocycles. The first-order valence-electron chi connectivity index (χ1n) is 6.66. The fraction of sp³-hybridized carbons (Fsp3) is 0.769. The molecule has 2 fully saturated rings. The van der Waals surface area contributed by atoms with E-state index in [1.165, 1.54) is 5.69 Å². The van der Waals surface area contributed by atoms with E-state index in [1.807, 2.05) is 7.11 Å². The van der Waals surface area contributed by atoms with Gasteiger partial charge in [0, 0.05) is 44.1 Å². The monoisotopic (exact) mass is 267 g/mol. The standard InChI is InChI=1S/C13H21N3OS/c1-9-15-10(8-18-9)5-16-6-11-12(7-16)14-4-3-13(11)17-2/h8,11-14H,3-7H2,1-2H3/t11-,12+,13+/m1/s1. The average molecular weight is 267 g/mol. The van der Waals surface area contributed by atoms with Crippen LogP contribution < -0.4 is 5.32 Å². The van der Waals surface area contributed by atoms with E-state index in [-0.39, 0.29) is 0 Å². The fourth-order valence-electron chi connectivity index (χ4n) is 3.26. The van der Waals surface area contributed by atoms with E-state index in [2.05, 4.69) is 27.5 Å². The Balaban J connectivity index is 1.63. The smallest absolute Gasteiger partial charge is 0.0897 e. The molecule has 18 heavy (non-hydrogen) atoms. The number of aryl methyl sites for hydroxylation is 1. The first-order valence-corrected chi connectivity index (χ1v) is 7.54. The fourth-order valence-corrected chi connectivity index (χ4v) is 3.87. The maximum atomic E-state index is 5.63. The summed E-state index contributed by atoms with van der Waals surface area (Å²) >= 11 is 1.74. The molecule has 0 unspecified atom stereocenters. The molecule has 0 radical (unpaired) electrons. The predicted octanol–water partition coefficient (Wildman–Crippen LogP) is 1.26. The number of aromatic nitrogens is 1. The van der Waals surface area contributed by atoms with Gasteiger partial charge in [-0.05, 0) is 19.9 Å². The number of likely N-dealkylation sites (tertiary alicyclic amines) is 1. The van der Waals surface area contributed by atoms with Crippen molar-refractivity contribution in [3.63, 3.8) is 0 Å². The van der Waals surface area contributed by atoms with E-state index < -0.39 is 0 Å². The first-order chi connectivity index (χ1) is 8.76. The average Bonchev–Trinajstić information content (AvgIpc) is 2.94. The molecule has 1 N–H and O–H groups in total. The lowest BCUT2D eigenvalue weighted by Gasteiger charge is -2.32. The number of piperidine rings is 1. The van der Waals surface area contributed by atoms with Crippen molar-refractivity contribution in [3.8, 4) is 0 Å². The van der Waals surface area contributed by atoms with Crippen LogP contribution in [0.25, 0.3) is 0 Å². The second-order valence-electron chi connectivity index (χ2n) is 5.34. The summed E-state index contributed by atoms with van der Waals surface area (Å²) in [6.07, 6.45) is 1.57. The molecular weight excluding hydrogens is 246 g/mol. The van der Waals surface area contributed by atoms with Gasteiger partial charge in [-0.15, -0.1) is 11.3 Å². The lowest BCUT2D eigenvalue weighted by atomic mass is 9.91. The Kier molecular flexibility index (Phi) is 3.66. The topological polar surface area (TPSA) is 37.4 Å². The van der Waals surface area contributed by atoms with Gasteiger partial charge < -0.3 is 10.1 Å². The van der Waals surface area contributed by atoms with Crippen LogP contribution in [-0.2, 0) is 11.3 Å². The van der Waals surface area contributed by atoms with E-state index in [9.17, 15) is 0 Å². The molecule has 0 bridgehead atoms. The van der Waals surface area contributed by atoms with E-state index >= 15 is 0 Å². The number of fused-ring (bicyclic) bond motifs is 1. The molecule has 2 aliphatic heterocycles. The highest BCUT2D eigenvalue weighted by molar-refractivity contribution is 7.09. The van der Waals surface area contributed by atoms with Crippen LogP contribution in [0.15, 0.2) is 5.38 Å². The molecule has 0 spiro atoms. The molecule has 0 amide bonds. The Hall–Kier alpha value is -0.490. The summed E-state index contributed by atoms with van der Waals surface area (Å²) in [5, 5.41) is 6.97.